The van der Waals surface area contributed by atoms with Gasteiger partial charge in [0.15, 0.2) is 0 Å². The molecule has 0 aliphatic heterocycles. The molecule has 1 aromatic rings. The minimum absolute atomic E-state index is 0.352. The first-order valence-electron chi connectivity index (χ1n) is 5.12. The van der Waals surface area contributed by atoms with Gasteiger partial charge in [0, 0.05) is 24.9 Å². The molecule has 86 valence electrons. The van der Waals surface area contributed by atoms with Crippen LogP contribution in [0, 0.1) is 6.92 Å². The Morgan fingerprint density at radius 1 is 1.62 bits per heavy atom. The summed E-state index contributed by atoms with van der Waals surface area (Å²) in [6.45, 7) is 4.77. The Bertz CT molecular complexity index is 400. The van der Waals surface area contributed by atoms with Gasteiger partial charge in [0.2, 0.25) is 0 Å². The van der Waals surface area contributed by atoms with Crippen LogP contribution in [0.25, 0.3) is 0 Å². The summed E-state index contributed by atoms with van der Waals surface area (Å²) in [5.74, 6) is -0.879. The van der Waals surface area contributed by atoms with E-state index in [1.54, 1.807) is 19.2 Å². The minimum Gasteiger partial charge on any atom is -0.478 e. The van der Waals surface area contributed by atoms with Crippen molar-refractivity contribution in [1.82, 2.24) is 10.3 Å². The lowest BCUT2D eigenvalue weighted by atomic mass is 10.2. The van der Waals surface area contributed by atoms with Gasteiger partial charge in [-0.2, -0.15) is 0 Å². The number of aliphatic carboxylic acids is 1. The number of carbonyl (C=O) groups is 1. The smallest absolute Gasteiger partial charge is 0.330 e. The Morgan fingerprint density at radius 2 is 2.38 bits per heavy atom. The van der Waals surface area contributed by atoms with E-state index in [0.29, 0.717) is 18.7 Å². The predicted octanol–water partition coefficient (Wildman–Crippen LogP) is 1.51. The maximum Gasteiger partial charge on any atom is 0.330 e. The number of rotatable bonds is 5. The molecule has 0 aromatic carbocycles. The highest BCUT2D eigenvalue weighted by Crippen LogP contribution is 2.01. The molecule has 0 aliphatic rings. The first-order valence-corrected chi connectivity index (χ1v) is 5.12. The van der Waals surface area contributed by atoms with Crippen LogP contribution in [0.5, 0.6) is 0 Å². The Morgan fingerprint density at radius 3 is 3.00 bits per heavy atom. The predicted molar refractivity (Wildman–Crippen MR) is 62.1 cm³/mol. The van der Waals surface area contributed by atoms with Crippen molar-refractivity contribution < 1.29 is 9.90 Å². The normalized spacial score (nSPS) is 11.5. The van der Waals surface area contributed by atoms with E-state index in [1.165, 1.54) is 0 Å². The Balaban J connectivity index is 2.40. The van der Waals surface area contributed by atoms with Crippen LogP contribution in [-0.2, 0) is 11.3 Å². The highest BCUT2D eigenvalue weighted by atomic mass is 16.4. The molecular formula is C12H16N2O2. The van der Waals surface area contributed by atoms with Gasteiger partial charge >= 0.3 is 5.97 Å². The molecule has 0 bridgehead atoms. The Kier molecular flexibility index (Phi) is 4.66. The zero-order chi connectivity index (χ0) is 12.0. The van der Waals surface area contributed by atoms with E-state index in [1.807, 2.05) is 19.1 Å². The van der Waals surface area contributed by atoms with Crippen LogP contribution in [0.3, 0.4) is 0 Å². The van der Waals surface area contributed by atoms with E-state index in [0.717, 1.165) is 11.3 Å². The molecule has 0 spiro atoms. The fraction of sp³-hybridized carbons (Fsp3) is 0.333. The molecule has 1 rings (SSSR count). The lowest BCUT2D eigenvalue weighted by Crippen LogP contribution is -2.15. The fourth-order valence-corrected chi connectivity index (χ4v) is 1.21. The number of hydrogen-bond donors (Lipinski definition) is 2. The van der Waals surface area contributed by atoms with E-state index in [-0.39, 0.29) is 0 Å². The van der Waals surface area contributed by atoms with Gasteiger partial charge in [0.05, 0.1) is 5.69 Å². The standard InChI is InChI=1S/C12H16N2O2/c1-9-4-3-6-14-11(9)8-13-7-5-10(2)12(15)16/h3-6,13H,7-8H2,1-2H3,(H,15,16)/b10-5-. The van der Waals surface area contributed by atoms with Gasteiger partial charge in [-0.3, -0.25) is 4.98 Å². The molecular weight excluding hydrogens is 204 g/mol. The summed E-state index contributed by atoms with van der Waals surface area (Å²) in [6.07, 6.45) is 3.41. The number of aryl methyl sites for hydroxylation is 1. The van der Waals surface area contributed by atoms with Crippen molar-refractivity contribution in [1.29, 1.82) is 0 Å². The van der Waals surface area contributed by atoms with E-state index in [2.05, 4.69) is 10.3 Å². The molecule has 4 nitrogen and oxygen atoms in total. The largest absolute Gasteiger partial charge is 0.478 e. The topological polar surface area (TPSA) is 62.2 Å². The lowest BCUT2D eigenvalue weighted by molar-refractivity contribution is -0.132. The number of hydrogen-bond acceptors (Lipinski definition) is 3. The van der Waals surface area contributed by atoms with Crippen molar-refractivity contribution in [3.8, 4) is 0 Å². The molecule has 0 unspecified atom stereocenters. The Hall–Kier alpha value is -1.68. The van der Waals surface area contributed by atoms with Crippen molar-refractivity contribution in [3.05, 3.63) is 41.2 Å². The van der Waals surface area contributed by atoms with Crippen LogP contribution in [-0.4, -0.2) is 22.6 Å². The van der Waals surface area contributed by atoms with Gasteiger partial charge in [0.25, 0.3) is 0 Å². The second-order valence-corrected chi connectivity index (χ2v) is 3.59. The number of pyridine rings is 1. The number of carboxylic acid groups (broad SMARTS) is 1. The summed E-state index contributed by atoms with van der Waals surface area (Å²) in [6, 6.07) is 3.90. The maximum atomic E-state index is 10.5. The zero-order valence-corrected chi connectivity index (χ0v) is 9.53. The van der Waals surface area contributed by atoms with E-state index in [4.69, 9.17) is 5.11 Å². The Labute approximate surface area is 95.0 Å². The third-order valence-electron chi connectivity index (χ3n) is 2.30. The summed E-state index contributed by atoms with van der Waals surface area (Å²) < 4.78 is 0. The van der Waals surface area contributed by atoms with Crippen LogP contribution in [0.4, 0.5) is 0 Å². The monoisotopic (exact) mass is 220 g/mol. The number of aromatic nitrogens is 1. The van der Waals surface area contributed by atoms with Gasteiger partial charge in [-0.15, -0.1) is 0 Å². The van der Waals surface area contributed by atoms with Crippen molar-refractivity contribution in [2.45, 2.75) is 20.4 Å². The number of nitrogens with one attached hydrogen (secondary N) is 1. The van der Waals surface area contributed by atoms with Gasteiger partial charge in [-0.1, -0.05) is 12.1 Å². The van der Waals surface area contributed by atoms with Crippen LogP contribution >= 0.6 is 0 Å². The molecule has 2 N–H and O–H groups in total. The molecule has 0 saturated heterocycles. The summed E-state index contributed by atoms with van der Waals surface area (Å²) in [7, 11) is 0. The van der Waals surface area contributed by atoms with Crippen molar-refractivity contribution in [3.63, 3.8) is 0 Å². The van der Waals surface area contributed by atoms with E-state index in [9.17, 15) is 4.79 Å². The van der Waals surface area contributed by atoms with Crippen LogP contribution in [0.15, 0.2) is 30.0 Å². The van der Waals surface area contributed by atoms with Crippen molar-refractivity contribution in [2.75, 3.05) is 6.54 Å². The fourth-order valence-electron chi connectivity index (χ4n) is 1.21. The van der Waals surface area contributed by atoms with Gasteiger partial charge in [-0.05, 0) is 25.5 Å². The van der Waals surface area contributed by atoms with Crippen molar-refractivity contribution in [2.24, 2.45) is 0 Å². The molecule has 0 radical (unpaired) electrons. The minimum atomic E-state index is -0.879. The molecule has 0 fully saturated rings. The third-order valence-corrected chi connectivity index (χ3v) is 2.30. The third kappa shape index (κ3) is 3.82. The molecule has 1 heterocycles. The van der Waals surface area contributed by atoms with Crippen molar-refractivity contribution >= 4 is 5.97 Å². The SMILES string of the molecule is C/C(=C/CNCc1ncccc1C)C(=O)O. The molecule has 16 heavy (non-hydrogen) atoms. The molecule has 0 atom stereocenters. The summed E-state index contributed by atoms with van der Waals surface area (Å²) >= 11 is 0. The first-order chi connectivity index (χ1) is 7.61. The second-order valence-electron chi connectivity index (χ2n) is 3.59. The van der Waals surface area contributed by atoms with Gasteiger partial charge in [-0.25, -0.2) is 4.79 Å². The number of carboxylic acids is 1. The molecule has 0 saturated carbocycles. The lowest BCUT2D eigenvalue weighted by Gasteiger charge is -2.04. The maximum absolute atomic E-state index is 10.5. The molecule has 0 aliphatic carbocycles. The second kappa shape index (κ2) is 6.02. The van der Waals surface area contributed by atoms with E-state index < -0.39 is 5.97 Å². The first kappa shape index (κ1) is 12.4. The average Bonchev–Trinajstić information content (AvgIpc) is 2.26. The highest BCUT2D eigenvalue weighted by molar-refractivity contribution is 5.85. The van der Waals surface area contributed by atoms with Crippen LogP contribution in [0.2, 0.25) is 0 Å². The quantitative estimate of drug-likeness (QED) is 0.583. The number of nitrogens with zero attached hydrogens (tertiary/aromatic N) is 1. The van der Waals surface area contributed by atoms with Crippen LogP contribution in [0.1, 0.15) is 18.2 Å². The average molecular weight is 220 g/mol. The summed E-state index contributed by atoms with van der Waals surface area (Å²) in [5.41, 5.74) is 2.48. The van der Waals surface area contributed by atoms with Crippen LogP contribution < -0.4 is 5.32 Å². The zero-order valence-electron chi connectivity index (χ0n) is 9.53. The molecule has 0 amide bonds. The van der Waals surface area contributed by atoms with Gasteiger partial charge < -0.3 is 10.4 Å². The summed E-state index contributed by atoms with van der Waals surface area (Å²) in [4.78, 5) is 14.7. The highest BCUT2D eigenvalue weighted by Gasteiger charge is 1.99. The van der Waals surface area contributed by atoms with Gasteiger partial charge in [0.1, 0.15) is 0 Å². The summed E-state index contributed by atoms with van der Waals surface area (Å²) in [5, 5.41) is 11.8. The molecule has 4 heteroatoms. The molecule has 1 aromatic heterocycles. The van der Waals surface area contributed by atoms with E-state index >= 15 is 0 Å².